The summed E-state index contributed by atoms with van der Waals surface area (Å²) in [6.07, 6.45) is 0.845. The van der Waals surface area contributed by atoms with Gasteiger partial charge in [-0.1, -0.05) is 83.2 Å². The molecule has 0 spiro atoms. The lowest BCUT2D eigenvalue weighted by Gasteiger charge is -2.34. The van der Waals surface area contributed by atoms with Gasteiger partial charge in [0.25, 0.3) is 0 Å². The second-order valence-electron chi connectivity index (χ2n) is 5.21. The smallest absolute Gasteiger partial charge is 0.119 e. The Morgan fingerprint density at radius 1 is 1.04 bits per heavy atom. The third-order valence-corrected chi connectivity index (χ3v) is 4.08. The molecule has 2 aromatic carbocycles. The molecule has 0 aliphatic heterocycles. The van der Waals surface area contributed by atoms with E-state index in [1.807, 2.05) is 12.1 Å². The van der Waals surface area contributed by atoms with E-state index in [0.29, 0.717) is 0 Å². The van der Waals surface area contributed by atoms with E-state index < -0.39 is 5.60 Å². The van der Waals surface area contributed by atoms with Crippen LogP contribution < -0.4 is 5.32 Å². The molecule has 0 atom stereocenters. The van der Waals surface area contributed by atoms with Crippen molar-refractivity contribution in [3.05, 3.63) is 82.9 Å². The summed E-state index contributed by atoms with van der Waals surface area (Å²) in [6.45, 7) is 5.44. The van der Waals surface area contributed by atoms with E-state index in [-0.39, 0.29) is 12.4 Å². The number of halogens is 2. The Morgan fingerprint density at radius 3 is 1.91 bits per heavy atom. The van der Waals surface area contributed by atoms with Gasteiger partial charge in [-0.3, -0.25) is 0 Å². The number of benzene rings is 2. The molecule has 124 valence electrons. The lowest BCUT2D eigenvalue weighted by Crippen LogP contribution is -2.34. The normalized spacial score (nSPS) is 10.9. The summed E-state index contributed by atoms with van der Waals surface area (Å²) in [4.78, 5) is 0. The number of methoxy groups -OCH3 is 1. The van der Waals surface area contributed by atoms with Gasteiger partial charge in [0.05, 0.1) is 0 Å². The minimum atomic E-state index is -0.441. The average Bonchev–Trinajstić information content (AvgIpc) is 2.57. The van der Waals surface area contributed by atoms with Gasteiger partial charge in [0.2, 0.25) is 0 Å². The number of rotatable bonds is 8. The molecule has 0 heterocycles. The fraction of sp³-hybridized carbons (Fsp3) is 0.263. The second kappa shape index (κ2) is 9.89. The van der Waals surface area contributed by atoms with Gasteiger partial charge in [-0.2, -0.15) is 0 Å². The fourth-order valence-electron chi connectivity index (χ4n) is 2.70. The van der Waals surface area contributed by atoms with Gasteiger partial charge >= 0.3 is 0 Å². The van der Waals surface area contributed by atoms with Crippen LogP contribution in [0.15, 0.2) is 71.7 Å². The van der Waals surface area contributed by atoms with E-state index in [1.165, 1.54) is 11.1 Å². The fourth-order valence-corrected chi connectivity index (χ4v) is 2.89. The zero-order valence-electron chi connectivity index (χ0n) is 13.3. The topological polar surface area (TPSA) is 21.3 Å². The highest BCUT2D eigenvalue weighted by molar-refractivity contribution is 9.11. The SMILES string of the molecule is C=C(Br)CNCCC(OC)(c1ccccc1)c1ccccc1.Cl. The van der Waals surface area contributed by atoms with E-state index in [9.17, 15) is 0 Å². The van der Waals surface area contributed by atoms with Crippen molar-refractivity contribution >= 4 is 28.3 Å². The van der Waals surface area contributed by atoms with Crippen LogP contribution in [0.1, 0.15) is 17.5 Å². The molecule has 0 saturated heterocycles. The Labute approximate surface area is 153 Å². The van der Waals surface area contributed by atoms with Gasteiger partial charge in [-0.15, -0.1) is 12.4 Å². The van der Waals surface area contributed by atoms with Crippen LogP contribution in [-0.4, -0.2) is 20.2 Å². The van der Waals surface area contributed by atoms with E-state index in [1.54, 1.807) is 7.11 Å². The van der Waals surface area contributed by atoms with Crippen molar-refractivity contribution in [1.29, 1.82) is 0 Å². The van der Waals surface area contributed by atoms with E-state index in [4.69, 9.17) is 4.74 Å². The zero-order chi connectivity index (χ0) is 15.8. The van der Waals surface area contributed by atoms with E-state index in [0.717, 1.165) is 24.0 Å². The molecule has 0 fully saturated rings. The van der Waals surface area contributed by atoms with Gasteiger partial charge < -0.3 is 10.1 Å². The molecule has 1 N–H and O–H groups in total. The molecule has 0 bridgehead atoms. The average molecular weight is 397 g/mol. The number of ether oxygens (including phenoxy) is 1. The number of hydrogen-bond donors (Lipinski definition) is 1. The lowest BCUT2D eigenvalue weighted by atomic mass is 9.83. The predicted octanol–water partition coefficient (Wildman–Crippen LogP) is 4.89. The summed E-state index contributed by atoms with van der Waals surface area (Å²) < 4.78 is 7.00. The molecule has 0 aliphatic rings. The highest BCUT2D eigenvalue weighted by Crippen LogP contribution is 2.36. The van der Waals surface area contributed by atoms with Gasteiger partial charge in [-0.25, -0.2) is 0 Å². The molecule has 0 aliphatic carbocycles. The highest BCUT2D eigenvalue weighted by atomic mass is 79.9. The van der Waals surface area contributed by atoms with Crippen molar-refractivity contribution in [3.63, 3.8) is 0 Å². The Kier molecular flexibility index (Phi) is 8.56. The number of nitrogens with one attached hydrogen (secondary N) is 1. The Morgan fingerprint density at radius 2 is 1.52 bits per heavy atom. The van der Waals surface area contributed by atoms with Crippen LogP contribution in [0.2, 0.25) is 0 Å². The Balaban J connectivity index is 0.00000264. The minimum Gasteiger partial charge on any atom is -0.369 e. The molecule has 2 aromatic rings. The van der Waals surface area contributed by atoms with Crippen LogP contribution in [-0.2, 0) is 10.3 Å². The first kappa shape index (κ1) is 19.9. The highest BCUT2D eigenvalue weighted by Gasteiger charge is 2.33. The van der Waals surface area contributed by atoms with Crippen molar-refractivity contribution in [2.75, 3.05) is 20.2 Å². The van der Waals surface area contributed by atoms with E-state index in [2.05, 4.69) is 76.4 Å². The molecule has 4 heteroatoms. The molecule has 0 saturated carbocycles. The maximum absolute atomic E-state index is 6.04. The summed E-state index contributed by atoms with van der Waals surface area (Å²) in [5, 5.41) is 3.39. The number of hydrogen-bond acceptors (Lipinski definition) is 2. The van der Waals surface area contributed by atoms with Crippen molar-refractivity contribution in [2.45, 2.75) is 12.0 Å². The minimum absolute atomic E-state index is 0. The standard InChI is InChI=1S/C19H22BrNO.ClH/c1-16(20)15-21-14-13-19(22-2,17-9-5-3-6-10-17)18-11-7-4-8-12-18;/h3-12,21H,1,13-15H2,2H3;1H. The van der Waals surface area contributed by atoms with Gasteiger partial charge in [0.15, 0.2) is 0 Å². The third kappa shape index (κ3) is 5.18. The van der Waals surface area contributed by atoms with Crippen molar-refractivity contribution in [1.82, 2.24) is 5.32 Å². The molecule has 0 unspecified atom stereocenters. The zero-order valence-corrected chi connectivity index (χ0v) is 15.7. The summed E-state index contributed by atoms with van der Waals surface area (Å²) in [6, 6.07) is 20.8. The molecule has 0 aromatic heterocycles. The first-order chi connectivity index (χ1) is 10.7. The monoisotopic (exact) mass is 395 g/mol. The summed E-state index contributed by atoms with van der Waals surface area (Å²) in [7, 11) is 1.78. The van der Waals surface area contributed by atoms with Crippen molar-refractivity contribution in [3.8, 4) is 0 Å². The quantitative estimate of drug-likeness (QED) is 0.642. The summed E-state index contributed by atoms with van der Waals surface area (Å²) in [5.74, 6) is 0. The predicted molar refractivity (Wildman–Crippen MR) is 103 cm³/mol. The van der Waals surface area contributed by atoms with Crippen LogP contribution in [0.4, 0.5) is 0 Å². The van der Waals surface area contributed by atoms with Gasteiger partial charge in [-0.05, 0) is 24.1 Å². The van der Waals surface area contributed by atoms with Gasteiger partial charge in [0, 0.05) is 18.1 Å². The van der Waals surface area contributed by atoms with Crippen LogP contribution in [0, 0.1) is 0 Å². The van der Waals surface area contributed by atoms with Crippen LogP contribution >= 0.6 is 28.3 Å². The summed E-state index contributed by atoms with van der Waals surface area (Å²) in [5.41, 5.74) is 1.90. The lowest BCUT2D eigenvalue weighted by molar-refractivity contribution is 0.0149. The Bertz CT molecular complexity index is 549. The van der Waals surface area contributed by atoms with Crippen LogP contribution in [0.3, 0.4) is 0 Å². The van der Waals surface area contributed by atoms with Crippen molar-refractivity contribution < 1.29 is 4.74 Å². The van der Waals surface area contributed by atoms with Crippen molar-refractivity contribution in [2.24, 2.45) is 0 Å². The molecule has 0 amide bonds. The molecule has 0 radical (unpaired) electrons. The van der Waals surface area contributed by atoms with Crippen LogP contribution in [0.5, 0.6) is 0 Å². The molecule has 23 heavy (non-hydrogen) atoms. The van der Waals surface area contributed by atoms with Crippen LogP contribution in [0.25, 0.3) is 0 Å². The molecular weight excluding hydrogens is 374 g/mol. The van der Waals surface area contributed by atoms with Gasteiger partial charge in [0.1, 0.15) is 5.60 Å². The second-order valence-corrected chi connectivity index (χ2v) is 6.33. The van der Waals surface area contributed by atoms with E-state index >= 15 is 0 Å². The largest absolute Gasteiger partial charge is 0.369 e. The maximum atomic E-state index is 6.04. The molecular formula is C19H23BrClNO. The Hall–Kier alpha value is -1.13. The summed E-state index contributed by atoms with van der Waals surface area (Å²) >= 11 is 3.37. The third-order valence-electron chi connectivity index (χ3n) is 3.80. The molecule has 2 nitrogen and oxygen atoms in total. The molecule has 2 rings (SSSR count). The maximum Gasteiger partial charge on any atom is 0.119 e. The first-order valence-electron chi connectivity index (χ1n) is 7.39. The first-order valence-corrected chi connectivity index (χ1v) is 8.18.